The van der Waals surface area contributed by atoms with Gasteiger partial charge in [-0.25, -0.2) is 0 Å². The van der Waals surface area contributed by atoms with Crippen molar-refractivity contribution in [1.82, 2.24) is 0 Å². The monoisotopic (exact) mass is 242 g/mol. The lowest BCUT2D eigenvalue weighted by atomic mass is 9.66. The first-order chi connectivity index (χ1) is 7.79. The van der Waals surface area contributed by atoms with Crippen LogP contribution in [0.15, 0.2) is 0 Å². The number of carbonyl (C=O) groups excluding carboxylic acids is 2. The Morgan fingerprint density at radius 1 is 1.24 bits per heavy atom. The molecule has 1 saturated carbocycles. The summed E-state index contributed by atoms with van der Waals surface area (Å²) in [7, 11) is 0. The zero-order valence-corrected chi connectivity index (χ0v) is 11.2. The maximum absolute atomic E-state index is 11.8. The van der Waals surface area contributed by atoms with Crippen molar-refractivity contribution >= 4 is 11.9 Å². The fraction of sp³-hybridized carbons (Fsp3) is 0.846. The predicted octanol–water partition coefficient (Wildman–Crippen LogP) is 2.45. The number of carbonyl (C=O) groups is 2. The van der Waals surface area contributed by atoms with E-state index in [0.717, 1.165) is 19.3 Å². The summed E-state index contributed by atoms with van der Waals surface area (Å²) < 4.78 is 10.3. The first-order valence-electron chi connectivity index (χ1n) is 6.18. The van der Waals surface area contributed by atoms with Crippen LogP contribution in [0.5, 0.6) is 0 Å². The van der Waals surface area contributed by atoms with Crippen LogP contribution in [0.1, 0.15) is 53.4 Å². The van der Waals surface area contributed by atoms with Gasteiger partial charge in [0.15, 0.2) is 0 Å². The third kappa shape index (κ3) is 3.72. The molecule has 0 N–H and O–H groups in total. The highest BCUT2D eigenvalue weighted by Crippen LogP contribution is 2.45. The fourth-order valence-electron chi connectivity index (χ4n) is 1.99. The average molecular weight is 242 g/mol. The zero-order chi connectivity index (χ0) is 13.1. The molecule has 0 aromatic carbocycles. The Kier molecular flexibility index (Phi) is 4.17. The van der Waals surface area contributed by atoms with Gasteiger partial charge in [0, 0.05) is 0 Å². The van der Waals surface area contributed by atoms with Gasteiger partial charge in [-0.05, 0) is 40.5 Å². The first kappa shape index (κ1) is 14.0. The molecule has 17 heavy (non-hydrogen) atoms. The van der Waals surface area contributed by atoms with E-state index in [1.54, 1.807) is 6.92 Å². The summed E-state index contributed by atoms with van der Waals surface area (Å²) in [6, 6.07) is 0. The second-order valence-electron chi connectivity index (χ2n) is 5.62. The lowest BCUT2D eigenvalue weighted by molar-refractivity contribution is -0.172. The highest BCUT2D eigenvalue weighted by molar-refractivity contribution is 5.84. The van der Waals surface area contributed by atoms with E-state index in [0.29, 0.717) is 6.61 Å². The van der Waals surface area contributed by atoms with E-state index in [9.17, 15) is 9.59 Å². The SMILES string of the molecule is CCOC(=O)C1(CC(=O)OC(C)(C)C)CCC1. The molecule has 0 aromatic rings. The molecule has 4 nitrogen and oxygen atoms in total. The van der Waals surface area contributed by atoms with Crippen molar-refractivity contribution in [3.05, 3.63) is 0 Å². The molecule has 0 spiro atoms. The van der Waals surface area contributed by atoms with Crippen LogP contribution in [0.3, 0.4) is 0 Å². The van der Waals surface area contributed by atoms with Crippen LogP contribution in [0.25, 0.3) is 0 Å². The van der Waals surface area contributed by atoms with E-state index in [4.69, 9.17) is 9.47 Å². The lowest BCUT2D eigenvalue weighted by Crippen LogP contribution is -2.42. The van der Waals surface area contributed by atoms with Gasteiger partial charge in [0.05, 0.1) is 18.4 Å². The number of hydrogen-bond acceptors (Lipinski definition) is 4. The molecule has 1 fully saturated rings. The highest BCUT2D eigenvalue weighted by atomic mass is 16.6. The Morgan fingerprint density at radius 3 is 2.18 bits per heavy atom. The van der Waals surface area contributed by atoms with Crippen LogP contribution >= 0.6 is 0 Å². The van der Waals surface area contributed by atoms with Crippen LogP contribution in [0.2, 0.25) is 0 Å². The molecule has 0 atom stereocenters. The second-order valence-corrected chi connectivity index (χ2v) is 5.62. The lowest BCUT2D eigenvalue weighted by Gasteiger charge is -2.38. The van der Waals surface area contributed by atoms with Crippen molar-refractivity contribution < 1.29 is 19.1 Å². The van der Waals surface area contributed by atoms with Gasteiger partial charge in [0.1, 0.15) is 5.60 Å². The van der Waals surface area contributed by atoms with Crippen LogP contribution < -0.4 is 0 Å². The molecule has 0 heterocycles. The average Bonchev–Trinajstić information content (AvgIpc) is 2.08. The summed E-state index contributed by atoms with van der Waals surface area (Å²) in [5, 5.41) is 0. The molecule has 1 rings (SSSR count). The third-order valence-electron chi connectivity index (χ3n) is 2.92. The van der Waals surface area contributed by atoms with Gasteiger partial charge in [0.2, 0.25) is 0 Å². The largest absolute Gasteiger partial charge is 0.466 e. The van der Waals surface area contributed by atoms with Gasteiger partial charge in [-0.1, -0.05) is 6.42 Å². The molecule has 1 aliphatic carbocycles. The number of esters is 2. The van der Waals surface area contributed by atoms with Gasteiger partial charge in [0.25, 0.3) is 0 Å². The van der Waals surface area contributed by atoms with Gasteiger partial charge < -0.3 is 9.47 Å². The van der Waals surface area contributed by atoms with Crippen LogP contribution in [0.4, 0.5) is 0 Å². The predicted molar refractivity (Wildman–Crippen MR) is 63.4 cm³/mol. The summed E-state index contributed by atoms with van der Waals surface area (Å²) >= 11 is 0. The minimum absolute atomic E-state index is 0.142. The van der Waals surface area contributed by atoms with E-state index in [-0.39, 0.29) is 18.4 Å². The number of ether oxygens (including phenoxy) is 2. The molecular weight excluding hydrogens is 220 g/mol. The molecule has 0 saturated heterocycles. The summed E-state index contributed by atoms with van der Waals surface area (Å²) in [5.41, 5.74) is -1.12. The van der Waals surface area contributed by atoms with Gasteiger partial charge in [-0.15, -0.1) is 0 Å². The first-order valence-corrected chi connectivity index (χ1v) is 6.18. The number of rotatable bonds is 4. The summed E-state index contributed by atoms with van der Waals surface area (Å²) in [6.07, 6.45) is 2.57. The minimum atomic E-state index is -0.613. The molecular formula is C13H22O4. The van der Waals surface area contributed by atoms with Gasteiger partial charge >= 0.3 is 11.9 Å². The van der Waals surface area contributed by atoms with Crippen molar-refractivity contribution in [1.29, 1.82) is 0 Å². The Bertz CT molecular complexity index is 297. The van der Waals surface area contributed by atoms with E-state index < -0.39 is 11.0 Å². The highest BCUT2D eigenvalue weighted by Gasteiger charge is 2.47. The topological polar surface area (TPSA) is 52.6 Å². The van der Waals surface area contributed by atoms with Crippen molar-refractivity contribution in [3.8, 4) is 0 Å². The van der Waals surface area contributed by atoms with Crippen LogP contribution in [0, 0.1) is 5.41 Å². The molecule has 0 amide bonds. The van der Waals surface area contributed by atoms with E-state index >= 15 is 0 Å². The van der Waals surface area contributed by atoms with Gasteiger partial charge in [-0.3, -0.25) is 9.59 Å². The van der Waals surface area contributed by atoms with Crippen LogP contribution in [-0.4, -0.2) is 24.1 Å². The van der Waals surface area contributed by atoms with E-state index in [1.165, 1.54) is 0 Å². The normalized spacial score (nSPS) is 18.1. The Balaban J connectivity index is 2.58. The van der Waals surface area contributed by atoms with Crippen LogP contribution in [-0.2, 0) is 19.1 Å². The van der Waals surface area contributed by atoms with E-state index in [1.807, 2.05) is 20.8 Å². The maximum Gasteiger partial charge on any atom is 0.312 e. The fourth-order valence-corrected chi connectivity index (χ4v) is 1.99. The molecule has 0 aliphatic heterocycles. The molecule has 0 aromatic heterocycles. The van der Waals surface area contributed by atoms with Gasteiger partial charge in [-0.2, -0.15) is 0 Å². The Morgan fingerprint density at radius 2 is 1.82 bits per heavy atom. The summed E-state index contributed by atoms with van der Waals surface area (Å²) in [6.45, 7) is 7.60. The minimum Gasteiger partial charge on any atom is -0.466 e. The molecule has 0 bridgehead atoms. The zero-order valence-electron chi connectivity index (χ0n) is 11.2. The molecule has 4 heteroatoms. The molecule has 98 valence electrons. The molecule has 1 aliphatic rings. The van der Waals surface area contributed by atoms with Crippen molar-refractivity contribution in [2.75, 3.05) is 6.61 Å². The number of hydrogen-bond donors (Lipinski definition) is 0. The maximum atomic E-state index is 11.8. The molecule has 0 radical (unpaired) electrons. The summed E-state index contributed by atoms with van der Waals surface area (Å²) in [4.78, 5) is 23.6. The summed E-state index contributed by atoms with van der Waals surface area (Å²) in [5.74, 6) is -0.567. The Labute approximate surface area is 103 Å². The quantitative estimate of drug-likeness (QED) is 0.710. The Hall–Kier alpha value is -1.06. The van der Waals surface area contributed by atoms with E-state index in [2.05, 4.69) is 0 Å². The van der Waals surface area contributed by atoms with Crippen molar-refractivity contribution in [2.45, 2.75) is 59.0 Å². The van der Waals surface area contributed by atoms with Crippen molar-refractivity contribution in [3.63, 3.8) is 0 Å². The second kappa shape index (κ2) is 5.07. The standard InChI is InChI=1S/C13H22O4/c1-5-16-11(15)13(7-6-8-13)9-10(14)17-12(2,3)4/h5-9H2,1-4H3. The smallest absolute Gasteiger partial charge is 0.312 e. The third-order valence-corrected chi connectivity index (χ3v) is 2.92. The molecule has 0 unspecified atom stereocenters. The van der Waals surface area contributed by atoms with Crippen molar-refractivity contribution in [2.24, 2.45) is 5.41 Å².